The summed E-state index contributed by atoms with van der Waals surface area (Å²) in [5.41, 5.74) is 4.59. The summed E-state index contributed by atoms with van der Waals surface area (Å²) in [6.07, 6.45) is 1.72. The Morgan fingerprint density at radius 1 is 1.04 bits per heavy atom. The lowest BCUT2D eigenvalue weighted by Crippen LogP contribution is -2.05. The molecule has 0 saturated heterocycles. The highest BCUT2D eigenvalue weighted by Crippen LogP contribution is 2.30. The van der Waals surface area contributed by atoms with E-state index in [1.807, 2.05) is 32.0 Å². The van der Waals surface area contributed by atoms with Crippen LogP contribution in [0.3, 0.4) is 0 Å². The second-order valence-corrected chi connectivity index (χ2v) is 6.42. The number of halogens is 2. The Morgan fingerprint density at radius 3 is 2.52 bits per heavy atom. The molecule has 0 unspecified atom stereocenters. The van der Waals surface area contributed by atoms with Crippen molar-refractivity contribution in [2.45, 2.75) is 20.4 Å². The number of nitrogens with one attached hydrogen (secondary N) is 1. The molecular formula is C21H17F2N3O. The number of benzene rings is 2. The number of rotatable bonds is 4. The predicted molar refractivity (Wildman–Crippen MR) is 100 cm³/mol. The molecule has 4 rings (SSSR count). The summed E-state index contributed by atoms with van der Waals surface area (Å²) in [6.45, 7) is 3.95. The molecule has 27 heavy (non-hydrogen) atoms. The van der Waals surface area contributed by atoms with Gasteiger partial charge >= 0.3 is 0 Å². The Kier molecular flexibility index (Phi) is 4.32. The first-order chi connectivity index (χ1) is 13.0. The molecule has 4 nitrogen and oxygen atoms in total. The van der Waals surface area contributed by atoms with Crippen LogP contribution < -0.4 is 5.32 Å². The lowest BCUT2D eigenvalue weighted by atomic mass is 10.00. The molecule has 0 aliphatic carbocycles. The van der Waals surface area contributed by atoms with Crippen molar-refractivity contribution in [3.8, 4) is 11.1 Å². The third kappa shape index (κ3) is 3.26. The normalized spacial score (nSPS) is 11.1. The third-order valence-electron chi connectivity index (χ3n) is 4.58. The first-order valence-corrected chi connectivity index (χ1v) is 8.53. The van der Waals surface area contributed by atoms with E-state index in [1.165, 1.54) is 18.2 Å². The average Bonchev–Trinajstić information content (AvgIpc) is 3.01. The van der Waals surface area contributed by atoms with Crippen LogP contribution in [0.4, 0.5) is 14.6 Å². The minimum atomic E-state index is -0.578. The van der Waals surface area contributed by atoms with Crippen LogP contribution in [0.1, 0.15) is 16.8 Å². The molecule has 6 heteroatoms. The van der Waals surface area contributed by atoms with Crippen molar-refractivity contribution in [1.29, 1.82) is 0 Å². The van der Waals surface area contributed by atoms with Gasteiger partial charge < -0.3 is 9.84 Å². The summed E-state index contributed by atoms with van der Waals surface area (Å²) in [5.74, 6) is -0.619. The number of anilines is 1. The minimum absolute atomic E-state index is 0.00892. The van der Waals surface area contributed by atoms with Gasteiger partial charge in [-0.25, -0.2) is 13.8 Å². The second-order valence-electron chi connectivity index (χ2n) is 6.42. The lowest BCUT2D eigenvalue weighted by Gasteiger charge is -2.10. The Morgan fingerprint density at radius 2 is 1.81 bits per heavy atom. The molecule has 2 heterocycles. The van der Waals surface area contributed by atoms with Crippen LogP contribution in [0.2, 0.25) is 0 Å². The van der Waals surface area contributed by atoms with Crippen LogP contribution in [-0.2, 0) is 6.54 Å². The fourth-order valence-electron chi connectivity index (χ4n) is 3.06. The highest BCUT2D eigenvalue weighted by Gasteiger charge is 2.11. The molecule has 0 atom stereocenters. The molecule has 1 N–H and O–H groups in total. The molecule has 136 valence electrons. The summed E-state index contributed by atoms with van der Waals surface area (Å²) >= 11 is 0. The molecule has 0 saturated carbocycles. The Bertz CT molecular complexity index is 1100. The second kappa shape index (κ2) is 6.79. The number of aryl methyl sites for hydroxylation is 2. The summed E-state index contributed by atoms with van der Waals surface area (Å²) in [7, 11) is 0. The van der Waals surface area contributed by atoms with Crippen LogP contribution >= 0.6 is 0 Å². The number of nitrogens with zero attached hydrogens (tertiary/aromatic N) is 2. The third-order valence-corrected chi connectivity index (χ3v) is 4.58. The maximum atomic E-state index is 13.7. The molecule has 0 radical (unpaired) electrons. The van der Waals surface area contributed by atoms with Crippen LogP contribution in [0, 0.1) is 25.5 Å². The maximum absolute atomic E-state index is 13.7. The van der Waals surface area contributed by atoms with Crippen LogP contribution in [0.5, 0.6) is 0 Å². The van der Waals surface area contributed by atoms with Gasteiger partial charge in [0.15, 0.2) is 5.58 Å². The van der Waals surface area contributed by atoms with E-state index in [1.54, 1.807) is 12.3 Å². The Labute approximate surface area is 154 Å². The van der Waals surface area contributed by atoms with Crippen molar-refractivity contribution < 1.29 is 13.3 Å². The highest BCUT2D eigenvalue weighted by molar-refractivity contribution is 5.86. The van der Waals surface area contributed by atoms with Crippen molar-refractivity contribution in [3.05, 3.63) is 77.1 Å². The molecule has 2 aromatic carbocycles. The monoisotopic (exact) mass is 365 g/mol. The van der Waals surface area contributed by atoms with Crippen LogP contribution in [0.25, 0.3) is 22.1 Å². The van der Waals surface area contributed by atoms with E-state index in [2.05, 4.69) is 15.5 Å². The molecule has 0 fully saturated rings. The van der Waals surface area contributed by atoms with Gasteiger partial charge in [0.1, 0.15) is 17.5 Å². The standard InChI is InChI=1S/C21H17F2N3O/c1-12-8-16-13(2)26-27-20(16)9-15(12)14-6-7-21(24-10-14)25-11-17-18(22)4-3-5-19(17)23/h3-10H,11H2,1-2H3,(H,24,25). The number of hydrogen-bond acceptors (Lipinski definition) is 4. The number of hydrogen-bond donors (Lipinski definition) is 1. The van der Waals surface area contributed by atoms with Crippen LogP contribution in [-0.4, -0.2) is 10.1 Å². The zero-order chi connectivity index (χ0) is 19.0. The van der Waals surface area contributed by atoms with E-state index < -0.39 is 11.6 Å². The zero-order valence-corrected chi connectivity index (χ0v) is 14.9. The van der Waals surface area contributed by atoms with Gasteiger partial charge in [-0.05, 0) is 61.4 Å². The van der Waals surface area contributed by atoms with Gasteiger partial charge in [-0.2, -0.15) is 0 Å². The summed E-state index contributed by atoms with van der Waals surface area (Å²) in [6, 6.07) is 11.5. The van der Waals surface area contributed by atoms with Crippen molar-refractivity contribution in [2.75, 3.05) is 5.32 Å². The number of fused-ring (bicyclic) bond motifs is 1. The number of pyridine rings is 1. The van der Waals surface area contributed by atoms with E-state index >= 15 is 0 Å². The van der Waals surface area contributed by atoms with Gasteiger partial charge in [-0.1, -0.05) is 11.2 Å². The lowest BCUT2D eigenvalue weighted by molar-refractivity contribution is 0.450. The largest absolute Gasteiger partial charge is 0.366 e. The van der Waals surface area contributed by atoms with E-state index in [0.29, 0.717) is 5.82 Å². The van der Waals surface area contributed by atoms with Gasteiger partial charge in [0, 0.05) is 29.3 Å². The van der Waals surface area contributed by atoms with Gasteiger partial charge in [0.25, 0.3) is 0 Å². The van der Waals surface area contributed by atoms with E-state index in [4.69, 9.17) is 4.52 Å². The first kappa shape index (κ1) is 17.1. The fraction of sp³-hybridized carbons (Fsp3) is 0.143. The quantitative estimate of drug-likeness (QED) is 0.526. The van der Waals surface area contributed by atoms with Gasteiger partial charge in [0.05, 0.1) is 5.69 Å². The summed E-state index contributed by atoms with van der Waals surface area (Å²) < 4.78 is 32.7. The molecule has 0 spiro atoms. The van der Waals surface area contributed by atoms with Gasteiger partial charge in [-0.3, -0.25) is 0 Å². The molecule has 4 aromatic rings. The molecule has 2 aromatic heterocycles. The van der Waals surface area contributed by atoms with E-state index in [-0.39, 0.29) is 12.1 Å². The summed E-state index contributed by atoms with van der Waals surface area (Å²) in [5, 5.41) is 7.94. The summed E-state index contributed by atoms with van der Waals surface area (Å²) in [4.78, 5) is 4.35. The minimum Gasteiger partial charge on any atom is -0.366 e. The zero-order valence-electron chi connectivity index (χ0n) is 14.9. The van der Waals surface area contributed by atoms with E-state index in [0.717, 1.165) is 33.4 Å². The van der Waals surface area contributed by atoms with Gasteiger partial charge in [-0.15, -0.1) is 0 Å². The molecule has 0 aliphatic heterocycles. The first-order valence-electron chi connectivity index (χ1n) is 8.53. The van der Waals surface area contributed by atoms with Crippen molar-refractivity contribution in [1.82, 2.24) is 10.1 Å². The molecular weight excluding hydrogens is 348 g/mol. The average molecular weight is 365 g/mol. The number of aromatic nitrogens is 2. The fourth-order valence-corrected chi connectivity index (χ4v) is 3.06. The predicted octanol–water partition coefficient (Wildman–Crippen LogP) is 5.40. The molecule has 0 aliphatic rings. The van der Waals surface area contributed by atoms with Crippen molar-refractivity contribution in [2.24, 2.45) is 0 Å². The smallest absolute Gasteiger partial charge is 0.167 e. The van der Waals surface area contributed by atoms with Crippen molar-refractivity contribution >= 4 is 16.8 Å². The highest BCUT2D eigenvalue weighted by atomic mass is 19.1. The van der Waals surface area contributed by atoms with Gasteiger partial charge in [0.2, 0.25) is 0 Å². The maximum Gasteiger partial charge on any atom is 0.167 e. The van der Waals surface area contributed by atoms with Crippen molar-refractivity contribution in [3.63, 3.8) is 0 Å². The van der Waals surface area contributed by atoms with Crippen LogP contribution in [0.15, 0.2) is 53.2 Å². The molecule has 0 bridgehead atoms. The Hall–Kier alpha value is -3.28. The van der Waals surface area contributed by atoms with E-state index in [9.17, 15) is 8.78 Å². The Balaban J connectivity index is 1.56. The SMILES string of the molecule is Cc1cc2c(C)noc2cc1-c1ccc(NCc2c(F)cccc2F)nc1. The molecule has 0 amide bonds. The topological polar surface area (TPSA) is 51.0 Å².